The number of ether oxygens (including phenoxy) is 1. The van der Waals surface area contributed by atoms with Crippen LogP contribution in [0.1, 0.15) is 5.56 Å². The van der Waals surface area contributed by atoms with Crippen molar-refractivity contribution in [2.24, 2.45) is 0 Å². The summed E-state index contributed by atoms with van der Waals surface area (Å²) in [6, 6.07) is 17.1. The second-order valence-corrected chi connectivity index (χ2v) is 5.38. The van der Waals surface area contributed by atoms with Crippen LogP contribution in [0.15, 0.2) is 67.3 Å². The molecular formula is C20H19Cl2NO2. The average Bonchev–Trinajstić information content (AvgIpc) is 2.61. The van der Waals surface area contributed by atoms with Crippen LogP contribution in [-0.2, 0) is 11.2 Å². The number of nitrogens with one attached hydrogen (secondary N) is 1. The Balaban J connectivity index is 0.000000293. The summed E-state index contributed by atoms with van der Waals surface area (Å²) in [6.45, 7) is 3.67. The number of halogens is 2. The molecule has 0 radical (unpaired) electrons. The van der Waals surface area contributed by atoms with E-state index in [-0.39, 0.29) is 12.5 Å². The first-order valence-electron chi connectivity index (χ1n) is 7.51. The predicted molar refractivity (Wildman–Crippen MR) is 105 cm³/mol. The summed E-state index contributed by atoms with van der Waals surface area (Å²) in [6.07, 6.45) is 2.31. The summed E-state index contributed by atoms with van der Waals surface area (Å²) < 4.78 is 4.76. The van der Waals surface area contributed by atoms with Crippen molar-refractivity contribution >= 4 is 35.0 Å². The topological polar surface area (TPSA) is 38.3 Å². The quantitative estimate of drug-likeness (QED) is 0.432. The van der Waals surface area contributed by atoms with Gasteiger partial charge in [-0.2, -0.15) is 0 Å². The van der Waals surface area contributed by atoms with Crippen LogP contribution >= 0.6 is 23.2 Å². The molecule has 130 valence electrons. The first-order chi connectivity index (χ1) is 12.2. The average molecular weight is 376 g/mol. The molecule has 0 spiro atoms. The van der Waals surface area contributed by atoms with Gasteiger partial charge in [0.15, 0.2) is 6.61 Å². The number of hydrogen-bond acceptors (Lipinski definition) is 2. The second-order valence-electron chi connectivity index (χ2n) is 4.68. The van der Waals surface area contributed by atoms with Crippen molar-refractivity contribution in [3.63, 3.8) is 0 Å². The molecule has 2 aromatic carbocycles. The number of carbonyl (C=O) groups is 1. The lowest BCUT2D eigenvalue weighted by Crippen LogP contribution is -2.13. The van der Waals surface area contributed by atoms with E-state index in [1.165, 1.54) is 5.56 Å². The van der Waals surface area contributed by atoms with Crippen molar-refractivity contribution < 1.29 is 9.53 Å². The Morgan fingerprint density at radius 1 is 1.16 bits per heavy atom. The molecule has 0 unspecified atom stereocenters. The molecule has 0 atom stereocenters. The lowest BCUT2D eigenvalue weighted by molar-refractivity contribution is 0.176. The van der Waals surface area contributed by atoms with Gasteiger partial charge in [-0.15, -0.1) is 18.2 Å². The predicted octanol–water partition coefficient (Wildman–Crippen LogP) is 5.55. The van der Waals surface area contributed by atoms with E-state index in [1.807, 2.05) is 24.3 Å². The summed E-state index contributed by atoms with van der Waals surface area (Å²) in [5.74, 6) is 5.36. The summed E-state index contributed by atoms with van der Waals surface area (Å²) in [5.41, 5.74) is 1.90. The monoisotopic (exact) mass is 375 g/mol. The molecule has 1 amide bonds. The fourth-order valence-electron chi connectivity index (χ4n) is 1.70. The second kappa shape index (κ2) is 12.9. The zero-order valence-corrected chi connectivity index (χ0v) is 15.2. The van der Waals surface area contributed by atoms with E-state index < -0.39 is 6.09 Å². The number of carbonyl (C=O) groups excluding carboxylic acids is 1. The van der Waals surface area contributed by atoms with Gasteiger partial charge in [-0.25, -0.2) is 4.79 Å². The third-order valence-corrected chi connectivity index (χ3v) is 3.13. The van der Waals surface area contributed by atoms with Crippen LogP contribution in [0.5, 0.6) is 0 Å². The van der Waals surface area contributed by atoms with E-state index in [4.69, 9.17) is 27.9 Å². The number of amides is 1. The van der Waals surface area contributed by atoms with Gasteiger partial charge in [0.25, 0.3) is 0 Å². The van der Waals surface area contributed by atoms with Gasteiger partial charge in [0.1, 0.15) is 0 Å². The molecule has 0 aliphatic rings. The lowest BCUT2D eigenvalue weighted by Gasteiger charge is -2.04. The minimum absolute atomic E-state index is 0.0130. The van der Waals surface area contributed by atoms with Crippen molar-refractivity contribution in [3.8, 4) is 11.8 Å². The normalized spacial score (nSPS) is 8.88. The van der Waals surface area contributed by atoms with E-state index in [2.05, 4.69) is 35.9 Å². The van der Waals surface area contributed by atoms with Crippen LogP contribution in [0.3, 0.4) is 0 Å². The first-order valence-corrected chi connectivity index (χ1v) is 8.42. The van der Waals surface area contributed by atoms with Crippen LogP contribution in [0.25, 0.3) is 0 Å². The van der Waals surface area contributed by atoms with Crippen molar-refractivity contribution in [2.75, 3.05) is 17.8 Å². The minimum Gasteiger partial charge on any atom is -0.436 e. The van der Waals surface area contributed by atoms with Gasteiger partial charge in [-0.1, -0.05) is 65.9 Å². The van der Waals surface area contributed by atoms with Gasteiger partial charge >= 0.3 is 6.09 Å². The molecule has 0 heterocycles. The Bertz CT molecular complexity index is 721. The maximum atomic E-state index is 11.2. The highest BCUT2D eigenvalue weighted by atomic mass is 35.5. The summed E-state index contributed by atoms with van der Waals surface area (Å²) >= 11 is 11.1. The van der Waals surface area contributed by atoms with E-state index in [9.17, 15) is 4.79 Å². The number of hydrogen-bond donors (Lipinski definition) is 1. The molecule has 5 heteroatoms. The lowest BCUT2D eigenvalue weighted by atomic mass is 10.2. The van der Waals surface area contributed by atoms with Crippen molar-refractivity contribution in [1.82, 2.24) is 0 Å². The van der Waals surface area contributed by atoms with Gasteiger partial charge < -0.3 is 4.74 Å². The molecule has 0 aromatic heterocycles. The van der Waals surface area contributed by atoms with E-state index in [0.29, 0.717) is 10.7 Å². The molecule has 2 aromatic rings. The van der Waals surface area contributed by atoms with Gasteiger partial charge in [-0.05, 0) is 30.2 Å². The van der Waals surface area contributed by atoms with Gasteiger partial charge in [0.05, 0.1) is 5.88 Å². The van der Waals surface area contributed by atoms with Gasteiger partial charge in [-0.3, -0.25) is 5.32 Å². The van der Waals surface area contributed by atoms with E-state index >= 15 is 0 Å². The number of alkyl halides is 1. The molecule has 2 rings (SSSR count). The number of anilines is 1. The Morgan fingerprint density at radius 3 is 2.56 bits per heavy atom. The van der Waals surface area contributed by atoms with E-state index in [0.717, 1.165) is 6.42 Å². The summed E-state index contributed by atoms with van der Waals surface area (Å²) in [4.78, 5) is 11.2. The number of rotatable bonds is 4. The van der Waals surface area contributed by atoms with Crippen molar-refractivity contribution in [3.05, 3.63) is 77.8 Å². The fourth-order valence-corrected chi connectivity index (χ4v) is 1.99. The molecule has 0 aliphatic heterocycles. The van der Waals surface area contributed by atoms with Crippen molar-refractivity contribution in [2.45, 2.75) is 6.42 Å². The Hall–Kier alpha value is -2.41. The molecule has 3 nitrogen and oxygen atoms in total. The zero-order valence-electron chi connectivity index (χ0n) is 13.7. The highest BCUT2D eigenvalue weighted by Gasteiger charge is 2.01. The van der Waals surface area contributed by atoms with Gasteiger partial charge in [0.2, 0.25) is 0 Å². The highest BCUT2D eigenvalue weighted by molar-refractivity contribution is 6.30. The smallest absolute Gasteiger partial charge is 0.412 e. The van der Waals surface area contributed by atoms with Gasteiger partial charge in [0, 0.05) is 10.7 Å². The molecule has 25 heavy (non-hydrogen) atoms. The molecule has 0 bridgehead atoms. The molecule has 1 N–H and O–H groups in total. The molecule has 0 fully saturated rings. The molecule has 0 aliphatic carbocycles. The largest absolute Gasteiger partial charge is 0.436 e. The maximum Gasteiger partial charge on any atom is 0.412 e. The van der Waals surface area contributed by atoms with Crippen LogP contribution in [-0.4, -0.2) is 18.6 Å². The zero-order chi connectivity index (χ0) is 18.3. The van der Waals surface area contributed by atoms with Crippen LogP contribution in [0, 0.1) is 11.8 Å². The fraction of sp³-hybridized carbons (Fsp3) is 0.150. The summed E-state index contributed by atoms with van der Waals surface area (Å²) in [5, 5.41) is 3.05. The Morgan fingerprint density at radius 2 is 1.92 bits per heavy atom. The molecule has 0 saturated carbocycles. The highest BCUT2D eigenvalue weighted by Crippen LogP contribution is 2.14. The molecular weight excluding hydrogens is 357 g/mol. The Kier molecular flexibility index (Phi) is 10.7. The minimum atomic E-state index is -0.578. The third kappa shape index (κ3) is 10.1. The number of allylic oxidation sites excluding steroid dienone is 1. The standard InChI is InChI=1S/C11H9Cl2NO2.C9H10/c12-6-1-2-7-16-11(15)14-10-5-3-4-9(13)8-10;1-2-6-9-7-4-3-5-8-9/h3-5,8H,6-7H2,(H,14,15);2-5,7-8H,1,6H2. The van der Waals surface area contributed by atoms with Crippen LogP contribution in [0.2, 0.25) is 5.02 Å². The maximum absolute atomic E-state index is 11.2. The third-order valence-electron chi connectivity index (χ3n) is 2.76. The van der Waals surface area contributed by atoms with Crippen molar-refractivity contribution in [1.29, 1.82) is 0 Å². The van der Waals surface area contributed by atoms with E-state index in [1.54, 1.807) is 24.3 Å². The summed E-state index contributed by atoms with van der Waals surface area (Å²) in [7, 11) is 0. The van der Waals surface area contributed by atoms with Crippen LogP contribution in [0.4, 0.5) is 10.5 Å². The first kappa shape index (κ1) is 20.6. The Labute approximate surface area is 158 Å². The molecule has 0 saturated heterocycles. The number of benzene rings is 2. The van der Waals surface area contributed by atoms with Crippen LogP contribution < -0.4 is 5.32 Å². The SMILES string of the molecule is C=CCc1ccccc1.O=C(Nc1cccc(Cl)c1)OCC#CCCl.